The first kappa shape index (κ1) is 23.6. The molecule has 0 bridgehead atoms. The zero-order valence-corrected chi connectivity index (χ0v) is 22.4. The van der Waals surface area contributed by atoms with Crippen LogP contribution in [0.25, 0.3) is 0 Å². The third-order valence-corrected chi connectivity index (χ3v) is 15.8. The van der Waals surface area contributed by atoms with Crippen LogP contribution in [-0.4, -0.2) is 19.7 Å². The summed E-state index contributed by atoms with van der Waals surface area (Å²) in [6.45, 7) is 8.92. The highest BCUT2D eigenvalue weighted by atomic mass is 33.1. The van der Waals surface area contributed by atoms with Gasteiger partial charge >= 0.3 is 0 Å². The highest BCUT2D eigenvalue weighted by molar-refractivity contribution is 8.84. The molecule has 0 aromatic heterocycles. The monoisotopic (exact) mass is 496 g/mol. The second kappa shape index (κ2) is 8.20. The zero-order valence-electron chi connectivity index (χ0n) is 19.9. The number of hydrogen-bond acceptors (Lipinski definition) is 5. The molecule has 33 heavy (non-hydrogen) atoms. The van der Waals surface area contributed by atoms with Crippen molar-refractivity contribution in [3.05, 3.63) is 70.8 Å². The Kier molecular flexibility index (Phi) is 5.86. The van der Waals surface area contributed by atoms with E-state index in [0.717, 1.165) is 49.7 Å². The fourth-order valence-electron chi connectivity index (χ4n) is 6.44. The molecule has 0 unspecified atom stereocenters. The highest BCUT2D eigenvalue weighted by Crippen LogP contribution is 2.79. The van der Waals surface area contributed by atoms with E-state index in [0.29, 0.717) is 0 Å². The van der Waals surface area contributed by atoms with Gasteiger partial charge in [-0.1, -0.05) is 97.8 Å². The standard InChI is InChI=1S/C28H32O2S3/c1-5-25(6-2)17-19-13-9-11-15-21(19)23(29)27(25)31-28(33-32-27)24(30)22-16-12-10-14-20(22)18-26(28,7-3)8-4/h9-16H,5-8,17-18H2,1-4H3/t27-,28-/m0/s1. The summed E-state index contributed by atoms with van der Waals surface area (Å²) in [4.78, 5) is 28.7. The first-order valence-electron chi connectivity index (χ1n) is 12.2. The van der Waals surface area contributed by atoms with E-state index in [4.69, 9.17) is 0 Å². The van der Waals surface area contributed by atoms with Gasteiger partial charge in [-0.05, 0) is 49.7 Å². The van der Waals surface area contributed by atoms with Gasteiger partial charge in [-0.15, -0.1) is 11.8 Å². The zero-order chi connectivity index (χ0) is 23.5. The van der Waals surface area contributed by atoms with Gasteiger partial charge < -0.3 is 0 Å². The molecule has 0 radical (unpaired) electrons. The van der Waals surface area contributed by atoms with Gasteiger partial charge in [-0.2, -0.15) is 0 Å². The van der Waals surface area contributed by atoms with Crippen molar-refractivity contribution in [1.82, 2.24) is 0 Å². The summed E-state index contributed by atoms with van der Waals surface area (Å²) in [7, 11) is 3.44. The Morgan fingerprint density at radius 2 is 1.00 bits per heavy atom. The lowest BCUT2D eigenvalue weighted by Gasteiger charge is -2.53. The van der Waals surface area contributed by atoms with Crippen LogP contribution >= 0.6 is 33.3 Å². The average molecular weight is 497 g/mol. The fraction of sp³-hybridized carbons (Fsp3) is 0.500. The van der Waals surface area contributed by atoms with E-state index in [9.17, 15) is 9.59 Å². The Balaban J connectivity index is 1.72. The molecule has 1 fully saturated rings. The van der Waals surface area contributed by atoms with Crippen molar-refractivity contribution in [2.75, 3.05) is 0 Å². The summed E-state index contributed by atoms with van der Waals surface area (Å²) in [5, 5.41) is 0. The van der Waals surface area contributed by atoms with Gasteiger partial charge in [0, 0.05) is 22.0 Å². The normalized spacial score (nSPS) is 29.3. The number of ketones is 2. The molecule has 1 heterocycles. The minimum Gasteiger partial charge on any atom is -0.292 e. The van der Waals surface area contributed by atoms with Crippen LogP contribution in [0.4, 0.5) is 0 Å². The molecule has 2 nitrogen and oxygen atoms in total. The Morgan fingerprint density at radius 3 is 1.36 bits per heavy atom. The van der Waals surface area contributed by atoms with Crippen LogP contribution in [0.2, 0.25) is 0 Å². The van der Waals surface area contributed by atoms with Crippen molar-refractivity contribution >= 4 is 44.9 Å². The van der Waals surface area contributed by atoms with Crippen LogP contribution in [0.15, 0.2) is 48.5 Å². The molecule has 5 heteroatoms. The maximum absolute atomic E-state index is 14.4. The molecular formula is C28H32O2S3. The van der Waals surface area contributed by atoms with Crippen molar-refractivity contribution < 1.29 is 9.59 Å². The lowest BCUT2D eigenvalue weighted by Crippen LogP contribution is -2.57. The Bertz CT molecular complexity index is 1030. The van der Waals surface area contributed by atoms with Gasteiger partial charge in [-0.3, -0.25) is 9.59 Å². The molecule has 0 N–H and O–H groups in total. The predicted molar refractivity (Wildman–Crippen MR) is 143 cm³/mol. The molecule has 2 aromatic rings. The maximum atomic E-state index is 14.4. The molecule has 0 saturated carbocycles. The lowest BCUT2D eigenvalue weighted by molar-refractivity contribution is 0.0840. The number of thioether (sulfide) groups is 1. The molecule has 5 rings (SSSR count). The number of carbonyl (C=O) groups excluding carboxylic acids is 2. The number of Topliss-reactive ketones (excluding diaryl/α,β-unsaturated/α-hetero) is 2. The second-order valence-corrected chi connectivity index (χ2v) is 14.3. The van der Waals surface area contributed by atoms with Gasteiger partial charge in [0.15, 0.2) is 11.6 Å². The van der Waals surface area contributed by atoms with E-state index in [1.54, 1.807) is 33.3 Å². The molecule has 3 aliphatic rings. The first-order valence-corrected chi connectivity index (χ1v) is 15.2. The average Bonchev–Trinajstić information content (AvgIpc) is 3.27. The summed E-state index contributed by atoms with van der Waals surface area (Å²) in [6.07, 6.45) is 5.50. The number of benzene rings is 2. The molecule has 2 aliphatic carbocycles. The maximum Gasteiger partial charge on any atom is 0.190 e. The number of carbonyl (C=O) groups is 2. The SMILES string of the molecule is CCC1(CC)Cc2ccccc2C(=O)[C@]12SS[C@@]1(S2)C(=O)c2ccccc2CC1(CC)CC. The smallest absolute Gasteiger partial charge is 0.190 e. The van der Waals surface area contributed by atoms with E-state index in [-0.39, 0.29) is 22.4 Å². The fourth-order valence-corrected chi connectivity index (χ4v) is 14.7. The van der Waals surface area contributed by atoms with E-state index < -0.39 is 8.16 Å². The summed E-state index contributed by atoms with van der Waals surface area (Å²) in [6, 6.07) is 16.3. The molecule has 0 amide bonds. The minimum atomic E-state index is -0.646. The third kappa shape index (κ3) is 2.91. The van der Waals surface area contributed by atoms with Gasteiger partial charge in [-0.25, -0.2) is 0 Å². The molecule has 1 saturated heterocycles. The van der Waals surface area contributed by atoms with Crippen LogP contribution in [0.5, 0.6) is 0 Å². The van der Waals surface area contributed by atoms with Crippen LogP contribution in [0, 0.1) is 10.8 Å². The van der Waals surface area contributed by atoms with Crippen LogP contribution in [0.3, 0.4) is 0 Å². The molecule has 2 spiro atoms. The summed E-state index contributed by atoms with van der Waals surface area (Å²) < 4.78 is -1.29. The first-order chi connectivity index (χ1) is 15.9. The van der Waals surface area contributed by atoms with Crippen molar-refractivity contribution in [3.63, 3.8) is 0 Å². The number of rotatable bonds is 4. The van der Waals surface area contributed by atoms with Crippen LogP contribution in [-0.2, 0) is 12.8 Å². The predicted octanol–water partition coefficient (Wildman–Crippen LogP) is 8.00. The van der Waals surface area contributed by atoms with Crippen LogP contribution < -0.4 is 0 Å². The number of hydrogen-bond donors (Lipinski definition) is 0. The quantitative estimate of drug-likeness (QED) is 0.401. The van der Waals surface area contributed by atoms with Crippen molar-refractivity contribution in [2.24, 2.45) is 10.8 Å². The molecule has 2 aromatic carbocycles. The van der Waals surface area contributed by atoms with Crippen LogP contribution in [0.1, 0.15) is 85.2 Å². The van der Waals surface area contributed by atoms with E-state index in [1.165, 1.54) is 11.1 Å². The van der Waals surface area contributed by atoms with Crippen molar-refractivity contribution in [1.29, 1.82) is 0 Å². The van der Waals surface area contributed by atoms with Gasteiger partial charge in [0.25, 0.3) is 0 Å². The van der Waals surface area contributed by atoms with Gasteiger partial charge in [0.2, 0.25) is 0 Å². The third-order valence-electron chi connectivity index (χ3n) is 8.85. The minimum absolute atomic E-state index is 0.172. The van der Waals surface area contributed by atoms with Crippen molar-refractivity contribution in [3.8, 4) is 0 Å². The lowest BCUT2D eigenvalue weighted by atomic mass is 9.66. The molecule has 2 atom stereocenters. The summed E-state index contributed by atoms with van der Waals surface area (Å²) >= 11 is 1.74. The Hall–Kier alpha value is -1.17. The largest absolute Gasteiger partial charge is 0.292 e. The van der Waals surface area contributed by atoms with E-state index >= 15 is 0 Å². The van der Waals surface area contributed by atoms with E-state index in [2.05, 4.69) is 39.8 Å². The summed E-state index contributed by atoms with van der Waals surface area (Å²) in [5.74, 6) is 0.445. The summed E-state index contributed by atoms with van der Waals surface area (Å²) in [5.41, 5.74) is 3.71. The van der Waals surface area contributed by atoms with Crippen molar-refractivity contribution in [2.45, 2.75) is 74.4 Å². The Labute approximate surface area is 209 Å². The van der Waals surface area contributed by atoms with E-state index in [1.807, 2.05) is 36.4 Å². The molecular weight excluding hydrogens is 465 g/mol. The molecule has 174 valence electrons. The topological polar surface area (TPSA) is 34.1 Å². The van der Waals surface area contributed by atoms with Gasteiger partial charge in [0.05, 0.1) is 0 Å². The number of fused-ring (bicyclic) bond motifs is 2. The van der Waals surface area contributed by atoms with Gasteiger partial charge in [0.1, 0.15) is 8.16 Å². The second-order valence-electron chi connectivity index (χ2n) is 9.80. The highest BCUT2D eigenvalue weighted by Gasteiger charge is 2.72. The molecule has 1 aliphatic heterocycles. The Morgan fingerprint density at radius 1 is 0.636 bits per heavy atom.